The van der Waals surface area contributed by atoms with Gasteiger partial charge in [0, 0.05) is 18.2 Å². The average molecular weight is 347 g/mol. The number of carbonyl (C=O) groups excluding carboxylic acids is 2. The van der Waals surface area contributed by atoms with Gasteiger partial charge in [-0.1, -0.05) is 6.07 Å². The largest absolute Gasteiger partial charge is 0.497 e. The third-order valence-corrected chi connectivity index (χ3v) is 5.36. The summed E-state index contributed by atoms with van der Waals surface area (Å²) in [7, 11) is 3.30. The molecule has 2 saturated heterocycles. The molecule has 25 heavy (non-hydrogen) atoms. The fourth-order valence-electron chi connectivity index (χ4n) is 3.74. The maximum absolute atomic E-state index is 12.1. The van der Waals surface area contributed by atoms with Crippen LogP contribution in [0.4, 0.5) is 4.79 Å². The Balaban J connectivity index is 1.62. The fraction of sp³-hybridized carbons (Fsp3) is 0.556. The summed E-state index contributed by atoms with van der Waals surface area (Å²) >= 11 is 0. The van der Waals surface area contributed by atoms with Gasteiger partial charge in [-0.05, 0) is 44.8 Å². The molecule has 2 fully saturated rings. The minimum Gasteiger partial charge on any atom is -0.497 e. The average Bonchev–Trinajstić information content (AvgIpc) is 2.88. The number of piperidine rings is 1. The van der Waals surface area contributed by atoms with Crippen molar-refractivity contribution in [3.8, 4) is 11.5 Å². The Morgan fingerprint density at radius 2 is 1.92 bits per heavy atom. The molecule has 1 aromatic carbocycles. The van der Waals surface area contributed by atoms with Gasteiger partial charge in [0.25, 0.3) is 5.91 Å². The van der Waals surface area contributed by atoms with Gasteiger partial charge in [0.2, 0.25) is 0 Å². The number of nitrogens with one attached hydrogen (secondary N) is 2. The van der Waals surface area contributed by atoms with E-state index in [9.17, 15) is 9.59 Å². The molecule has 2 aliphatic rings. The van der Waals surface area contributed by atoms with E-state index in [1.165, 1.54) is 0 Å². The van der Waals surface area contributed by atoms with Gasteiger partial charge in [-0.25, -0.2) is 4.79 Å². The number of hydrogen-bond donors (Lipinski definition) is 2. The molecule has 7 nitrogen and oxygen atoms in total. The van der Waals surface area contributed by atoms with Gasteiger partial charge < -0.3 is 14.8 Å². The quantitative estimate of drug-likeness (QED) is 0.790. The van der Waals surface area contributed by atoms with E-state index in [4.69, 9.17) is 9.47 Å². The van der Waals surface area contributed by atoms with Gasteiger partial charge in [0.1, 0.15) is 17.0 Å². The van der Waals surface area contributed by atoms with Crippen LogP contribution in [0.25, 0.3) is 0 Å². The number of hydrogen-bond acceptors (Lipinski definition) is 5. The van der Waals surface area contributed by atoms with Gasteiger partial charge >= 0.3 is 6.03 Å². The number of nitrogens with zero attached hydrogens (tertiary/aromatic N) is 1. The van der Waals surface area contributed by atoms with Gasteiger partial charge in [-0.2, -0.15) is 0 Å². The van der Waals surface area contributed by atoms with Gasteiger partial charge in [-0.3, -0.25) is 15.0 Å². The second-order valence-corrected chi connectivity index (χ2v) is 6.84. The van der Waals surface area contributed by atoms with Crippen molar-refractivity contribution < 1.29 is 19.1 Å². The van der Waals surface area contributed by atoms with Crippen molar-refractivity contribution in [2.24, 2.45) is 5.92 Å². The van der Waals surface area contributed by atoms with Crippen molar-refractivity contribution in [3.63, 3.8) is 0 Å². The number of rotatable bonds is 5. The first-order valence-corrected chi connectivity index (χ1v) is 8.53. The van der Waals surface area contributed by atoms with Crippen molar-refractivity contribution in [3.05, 3.63) is 23.8 Å². The standard InChI is InChI=1S/C18H25N3O4/c1-18(16(22)19-17(23)20-18)13-6-8-21(9-7-13)11-12-4-5-14(24-2)10-15(12)25-3/h4-5,10,13H,6-9,11H2,1-3H3,(H2,19,20,22,23). The van der Waals surface area contributed by atoms with Crippen LogP contribution in [-0.2, 0) is 11.3 Å². The molecule has 0 radical (unpaired) electrons. The first kappa shape index (κ1) is 17.5. The molecule has 0 aliphatic carbocycles. The number of benzene rings is 1. The van der Waals surface area contributed by atoms with Crippen LogP contribution in [0, 0.1) is 5.92 Å². The molecule has 1 aromatic rings. The molecule has 3 amide bonds. The third kappa shape index (κ3) is 3.42. The van der Waals surface area contributed by atoms with Crippen molar-refractivity contribution in [1.82, 2.24) is 15.5 Å². The first-order valence-electron chi connectivity index (χ1n) is 8.53. The molecule has 2 aliphatic heterocycles. The zero-order valence-electron chi connectivity index (χ0n) is 14.9. The lowest BCUT2D eigenvalue weighted by Crippen LogP contribution is -2.53. The number of urea groups is 1. The maximum atomic E-state index is 12.1. The molecule has 0 bridgehead atoms. The van der Waals surface area contributed by atoms with E-state index in [1.807, 2.05) is 25.1 Å². The summed E-state index contributed by atoms with van der Waals surface area (Å²) in [4.78, 5) is 25.9. The summed E-state index contributed by atoms with van der Waals surface area (Å²) in [5.41, 5.74) is 0.320. The molecule has 0 aromatic heterocycles. The molecule has 0 saturated carbocycles. The van der Waals surface area contributed by atoms with Crippen molar-refractivity contribution in [1.29, 1.82) is 0 Å². The second kappa shape index (κ2) is 6.92. The Kier molecular flexibility index (Phi) is 4.85. The van der Waals surface area contributed by atoms with Crippen LogP contribution in [0.1, 0.15) is 25.3 Å². The highest BCUT2D eigenvalue weighted by atomic mass is 16.5. The molecule has 0 spiro atoms. The maximum Gasteiger partial charge on any atom is 0.322 e. The number of carbonyl (C=O) groups is 2. The highest BCUT2D eigenvalue weighted by Gasteiger charge is 2.48. The molecule has 2 N–H and O–H groups in total. The molecule has 3 rings (SSSR count). The smallest absolute Gasteiger partial charge is 0.322 e. The minimum atomic E-state index is -0.791. The van der Waals surface area contributed by atoms with Gasteiger partial charge in [-0.15, -0.1) is 0 Å². The van der Waals surface area contributed by atoms with Crippen LogP contribution in [0.3, 0.4) is 0 Å². The lowest BCUT2D eigenvalue weighted by molar-refractivity contribution is -0.125. The van der Waals surface area contributed by atoms with Crippen molar-refractivity contribution >= 4 is 11.9 Å². The highest BCUT2D eigenvalue weighted by molar-refractivity contribution is 6.06. The van der Waals surface area contributed by atoms with E-state index in [-0.39, 0.29) is 11.8 Å². The SMILES string of the molecule is COc1ccc(CN2CCC(C3(C)NC(=O)NC3=O)CC2)c(OC)c1. The van der Waals surface area contributed by atoms with Crippen LogP contribution in [0.5, 0.6) is 11.5 Å². The molecule has 2 heterocycles. The molecule has 7 heteroatoms. The van der Waals surface area contributed by atoms with Crippen LogP contribution in [0.2, 0.25) is 0 Å². The van der Waals surface area contributed by atoms with Crippen LogP contribution >= 0.6 is 0 Å². The zero-order valence-corrected chi connectivity index (χ0v) is 14.9. The second-order valence-electron chi connectivity index (χ2n) is 6.84. The van der Waals surface area contributed by atoms with Crippen molar-refractivity contribution in [2.75, 3.05) is 27.3 Å². The monoisotopic (exact) mass is 347 g/mol. The normalized spacial score (nSPS) is 24.8. The number of amides is 3. The van der Waals surface area contributed by atoms with Gasteiger partial charge in [0.05, 0.1) is 14.2 Å². The summed E-state index contributed by atoms with van der Waals surface area (Å²) in [6.07, 6.45) is 1.73. The molecule has 136 valence electrons. The van der Waals surface area contributed by atoms with Crippen molar-refractivity contribution in [2.45, 2.75) is 31.8 Å². The molecular weight excluding hydrogens is 322 g/mol. The van der Waals surface area contributed by atoms with E-state index in [1.54, 1.807) is 14.2 Å². The minimum absolute atomic E-state index is 0.146. The summed E-state index contributed by atoms with van der Waals surface area (Å²) < 4.78 is 10.7. The van der Waals surface area contributed by atoms with Gasteiger partial charge in [0.15, 0.2) is 0 Å². The number of methoxy groups -OCH3 is 2. The zero-order chi connectivity index (χ0) is 18.0. The Hall–Kier alpha value is -2.28. The van der Waals surface area contributed by atoms with Crippen LogP contribution < -0.4 is 20.1 Å². The van der Waals surface area contributed by atoms with E-state index in [0.717, 1.165) is 49.5 Å². The predicted octanol–water partition coefficient (Wildman–Crippen LogP) is 1.51. The summed E-state index contributed by atoms with van der Waals surface area (Å²) in [6.45, 7) is 4.35. The van der Waals surface area contributed by atoms with E-state index >= 15 is 0 Å². The number of ether oxygens (including phenoxy) is 2. The molecule has 1 atom stereocenters. The fourth-order valence-corrected chi connectivity index (χ4v) is 3.74. The van der Waals surface area contributed by atoms with Crippen LogP contribution in [-0.4, -0.2) is 49.7 Å². The van der Waals surface area contributed by atoms with Crippen LogP contribution in [0.15, 0.2) is 18.2 Å². The summed E-state index contributed by atoms with van der Waals surface area (Å²) in [5, 5.41) is 5.14. The first-order chi connectivity index (χ1) is 12.0. The van der Waals surface area contributed by atoms with E-state index in [2.05, 4.69) is 15.5 Å². The molecular formula is C18H25N3O4. The Bertz CT molecular complexity index is 670. The molecule has 1 unspecified atom stereocenters. The number of imide groups is 1. The lowest BCUT2D eigenvalue weighted by Gasteiger charge is -2.38. The predicted molar refractivity (Wildman–Crippen MR) is 92.6 cm³/mol. The Morgan fingerprint density at radius 1 is 1.20 bits per heavy atom. The summed E-state index contributed by atoms with van der Waals surface area (Å²) in [5.74, 6) is 1.52. The topological polar surface area (TPSA) is 79.9 Å². The van der Waals surface area contributed by atoms with E-state index < -0.39 is 11.6 Å². The summed E-state index contributed by atoms with van der Waals surface area (Å²) in [6, 6.07) is 5.46. The lowest BCUT2D eigenvalue weighted by atomic mass is 9.79. The van der Waals surface area contributed by atoms with E-state index in [0.29, 0.717) is 0 Å². The third-order valence-electron chi connectivity index (χ3n) is 5.36. The highest BCUT2D eigenvalue weighted by Crippen LogP contribution is 2.32. The number of likely N-dealkylation sites (tertiary alicyclic amines) is 1. The Morgan fingerprint density at radius 3 is 2.48 bits per heavy atom. The Labute approximate surface area is 147 Å².